The molecule has 112 valence electrons. The maximum atomic E-state index is 11.3. The second kappa shape index (κ2) is 6.68. The van der Waals surface area contributed by atoms with Crippen LogP contribution in [0, 0.1) is 0 Å². The summed E-state index contributed by atoms with van der Waals surface area (Å²) in [6, 6.07) is 0.366. The van der Waals surface area contributed by atoms with E-state index in [1.807, 2.05) is 20.8 Å². The Morgan fingerprint density at radius 3 is 2.32 bits per heavy atom. The van der Waals surface area contributed by atoms with Gasteiger partial charge in [-0.25, -0.2) is 0 Å². The number of nitrogens with one attached hydrogen (secondary N) is 1. The van der Waals surface area contributed by atoms with Crippen LogP contribution in [0.15, 0.2) is 0 Å². The molecule has 1 aliphatic rings. The summed E-state index contributed by atoms with van der Waals surface area (Å²) < 4.78 is 11.0. The van der Waals surface area contributed by atoms with Crippen molar-refractivity contribution in [2.45, 2.75) is 64.1 Å². The summed E-state index contributed by atoms with van der Waals surface area (Å²) in [6.07, 6.45) is 2.61. The first-order valence-corrected chi connectivity index (χ1v) is 6.96. The monoisotopic (exact) mass is 273 g/mol. The number of carboxylic acid groups (broad SMARTS) is 1. The standard InChI is InChI=1S/C14H27NO4/c1-13(2,3)19-10-9-18-8-7-14(4,12(16)17)15-11-5-6-11/h11,15H,5-10H2,1-4H3,(H,16,17). The van der Waals surface area contributed by atoms with E-state index in [2.05, 4.69) is 5.32 Å². The number of ether oxygens (including phenoxy) is 2. The zero-order valence-electron chi connectivity index (χ0n) is 12.5. The zero-order chi connectivity index (χ0) is 14.5. The van der Waals surface area contributed by atoms with Crippen LogP contribution in [-0.4, -0.2) is 48.1 Å². The van der Waals surface area contributed by atoms with E-state index in [0.717, 1.165) is 12.8 Å². The fourth-order valence-electron chi connectivity index (χ4n) is 1.70. The number of hydrogen-bond acceptors (Lipinski definition) is 4. The first kappa shape index (κ1) is 16.4. The predicted molar refractivity (Wildman–Crippen MR) is 73.3 cm³/mol. The number of aliphatic carboxylic acids is 1. The molecule has 5 nitrogen and oxygen atoms in total. The molecule has 0 spiro atoms. The molecule has 0 heterocycles. The third-order valence-corrected chi connectivity index (χ3v) is 3.08. The fraction of sp³-hybridized carbons (Fsp3) is 0.929. The highest BCUT2D eigenvalue weighted by atomic mass is 16.5. The predicted octanol–water partition coefficient (Wildman–Crippen LogP) is 1.80. The Labute approximate surface area is 115 Å². The van der Waals surface area contributed by atoms with E-state index in [1.54, 1.807) is 6.92 Å². The molecule has 0 aromatic carbocycles. The highest BCUT2D eigenvalue weighted by molar-refractivity contribution is 5.78. The highest BCUT2D eigenvalue weighted by Gasteiger charge is 2.38. The molecule has 1 saturated carbocycles. The fourth-order valence-corrected chi connectivity index (χ4v) is 1.70. The number of carbonyl (C=O) groups is 1. The van der Waals surface area contributed by atoms with Crippen LogP contribution in [0.4, 0.5) is 0 Å². The third-order valence-electron chi connectivity index (χ3n) is 3.08. The maximum Gasteiger partial charge on any atom is 0.323 e. The van der Waals surface area contributed by atoms with E-state index in [9.17, 15) is 9.90 Å². The Morgan fingerprint density at radius 2 is 1.84 bits per heavy atom. The van der Waals surface area contributed by atoms with Gasteiger partial charge in [0, 0.05) is 12.6 Å². The van der Waals surface area contributed by atoms with Gasteiger partial charge in [-0.15, -0.1) is 0 Å². The second-order valence-electron chi connectivity index (χ2n) is 6.38. The Balaban J connectivity index is 2.16. The van der Waals surface area contributed by atoms with Crippen LogP contribution in [0.1, 0.15) is 47.0 Å². The van der Waals surface area contributed by atoms with Crippen LogP contribution in [-0.2, 0) is 14.3 Å². The summed E-state index contributed by atoms with van der Waals surface area (Å²) in [5.41, 5.74) is -1.04. The molecule has 1 unspecified atom stereocenters. The molecule has 0 radical (unpaired) electrons. The van der Waals surface area contributed by atoms with E-state index >= 15 is 0 Å². The van der Waals surface area contributed by atoms with Crippen molar-refractivity contribution in [2.75, 3.05) is 19.8 Å². The quantitative estimate of drug-likeness (QED) is 0.627. The molecule has 0 aromatic heterocycles. The average Bonchev–Trinajstić information content (AvgIpc) is 3.05. The lowest BCUT2D eigenvalue weighted by atomic mass is 9.98. The van der Waals surface area contributed by atoms with E-state index in [0.29, 0.717) is 32.3 Å². The third kappa shape index (κ3) is 6.89. The van der Waals surface area contributed by atoms with Crippen LogP contribution in [0.25, 0.3) is 0 Å². The van der Waals surface area contributed by atoms with Crippen molar-refractivity contribution in [3.05, 3.63) is 0 Å². The summed E-state index contributed by atoms with van der Waals surface area (Å²) in [7, 11) is 0. The van der Waals surface area contributed by atoms with Crippen molar-refractivity contribution in [3.8, 4) is 0 Å². The van der Waals surface area contributed by atoms with Crippen molar-refractivity contribution in [1.29, 1.82) is 0 Å². The molecular formula is C14H27NO4. The largest absolute Gasteiger partial charge is 0.480 e. The minimum absolute atomic E-state index is 0.160. The van der Waals surface area contributed by atoms with Crippen LogP contribution < -0.4 is 5.32 Å². The van der Waals surface area contributed by atoms with Gasteiger partial charge in [0.25, 0.3) is 0 Å². The molecular weight excluding hydrogens is 246 g/mol. The molecule has 0 aliphatic heterocycles. The molecule has 1 fully saturated rings. The Morgan fingerprint density at radius 1 is 1.21 bits per heavy atom. The average molecular weight is 273 g/mol. The van der Waals surface area contributed by atoms with Gasteiger partial charge >= 0.3 is 5.97 Å². The number of hydrogen-bond donors (Lipinski definition) is 2. The molecule has 5 heteroatoms. The van der Waals surface area contributed by atoms with Gasteiger partial charge in [0.05, 0.1) is 18.8 Å². The van der Waals surface area contributed by atoms with E-state index in [-0.39, 0.29) is 5.60 Å². The maximum absolute atomic E-state index is 11.3. The number of carboxylic acids is 1. The molecule has 2 N–H and O–H groups in total. The number of rotatable bonds is 9. The van der Waals surface area contributed by atoms with Crippen molar-refractivity contribution in [1.82, 2.24) is 5.32 Å². The minimum Gasteiger partial charge on any atom is -0.480 e. The van der Waals surface area contributed by atoms with Gasteiger partial charge in [-0.2, -0.15) is 0 Å². The molecule has 0 aromatic rings. The summed E-state index contributed by atoms with van der Waals surface area (Å²) in [6.45, 7) is 9.16. The van der Waals surface area contributed by atoms with Gasteiger partial charge in [0.2, 0.25) is 0 Å². The summed E-state index contributed by atoms with van der Waals surface area (Å²) in [4.78, 5) is 11.3. The molecule has 0 bridgehead atoms. The van der Waals surface area contributed by atoms with E-state index in [1.165, 1.54) is 0 Å². The van der Waals surface area contributed by atoms with Crippen molar-refractivity contribution < 1.29 is 19.4 Å². The van der Waals surface area contributed by atoms with Crippen LogP contribution >= 0.6 is 0 Å². The Kier molecular flexibility index (Phi) is 5.77. The summed E-state index contributed by atoms with van der Waals surface area (Å²) in [5, 5.41) is 12.4. The van der Waals surface area contributed by atoms with E-state index < -0.39 is 11.5 Å². The second-order valence-corrected chi connectivity index (χ2v) is 6.38. The first-order valence-electron chi connectivity index (χ1n) is 6.96. The molecule has 1 aliphatic carbocycles. The van der Waals surface area contributed by atoms with Crippen LogP contribution in [0.3, 0.4) is 0 Å². The topological polar surface area (TPSA) is 67.8 Å². The van der Waals surface area contributed by atoms with Gasteiger partial charge in [0.15, 0.2) is 0 Å². The van der Waals surface area contributed by atoms with Gasteiger partial charge in [-0.1, -0.05) is 0 Å². The van der Waals surface area contributed by atoms with E-state index in [4.69, 9.17) is 9.47 Å². The highest BCUT2D eigenvalue weighted by Crippen LogP contribution is 2.24. The first-order chi connectivity index (χ1) is 8.73. The summed E-state index contributed by atoms with van der Waals surface area (Å²) in [5.74, 6) is -0.811. The lowest BCUT2D eigenvalue weighted by Crippen LogP contribution is -2.51. The molecule has 0 amide bonds. The lowest BCUT2D eigenvalue weighted by molar-refractivity contribution is -0.145. The van der Waals surface area contributed by atoms with Crippen LogP contribution in [0.5, 0.6) is 0 Å². The SMILES string of the molecule is CC(C)(C)OCCOCCC(C)(NC1CC1)C(=O)O. The van der Waals surface area contributed by atoms with Crippen molar-refractivity contribution in [2.24, 2.45) is 0 Å². The lowest BCUT2D eigenvalue weighted by Gasteiger charge is -2.26. The van der Waals surface area contributed by atoms with Gasteiger partial charge < -0.3 is 14.6 Å². The molecule has 1 atom stereocenters. The van der Waals surface area contributed by atoms with Crippen LogP contribution in [0.2, 0.25) is 0 Å². The zero-order valence-corrected chi connectivity index (χ0v) is 12.5. The van der Waals surface area contributed by atoms with Crippen molar-refractivity contribution >= 4 is 5.97 Å². The smallest absolute Gasteiger partial charge is 0.323 e. The Bertz CT molecular complexity index is 296. The summed E-state index contributed by atoms with van der Waals surface area (Å²) >= 11 is 0. The Hall–Kier alpha value is -0.650. The van der Waals surface area contributed by atoms with Crippen molar-refractivity contribution in [3.63, 3.8) is 0 Å². The van der Waals surface area contributed by atoms with Gasteiger partial charge in [-0.3, -0.25) is 10.1 Å². The molecule has 0 saturated heterocycles. The minimum atomic E-state index is -0.883. The molecule has 19 heavy (non-hydrogen) atoms. The molecule has 1 rings (SSSR count). The van der Waals surface area contributed by atoms with Gasteiger partial charge in [0.1, 0.15) is 5.54 Å². The normalized spacial score (nSPS) is 19.2. The van der Waals surface area contributed by atoms with Gasteiger partial charge in [-0.05, 0) is 47.0 Å².